The molecule has 0 atom stereocenters. The van der Waals surface area contributed by atoms with E-state index in [4.69, 9.17) is 4.74 Å². The number of likely N-dealkylation sites (N-methyl/N-ethyl adjacent to an activating group) is 2. The van der Waals surface area contributed by atoms with E-state index in [2.05, 4.69) is 0 Å². The molecule has 2 amide bonds. The van der Waals surface area contributed by atoms with Crippen molar-refractivity contribution in [3.63, 3.8) is 0 Å². The molecule has 5 heteroatoms. The molecule has 0 aliphatic heterocycles. The van der Waals surface area contributed by atoms with Gasteiger partial charge in [0.15, 0.2) is 0 Å². The molecule has 0 rings (SSSR count). The van der Waals surface area contributed by atoms with Gasteiger partial charge in [0.2, 0.25) is 5.91 Å². The Hall–Kier alpha value is -1.26. The highest BCUT2D eigenvalue weighted by Gasteiger charge is 2.15. The molecule has 0 aromatic rings. The molecule has 0 heterocycles. The highest BCUT2D eigenvalue weighted by Crippen LogP contribution is 1.96. The van der Waals surface area contributed by atoms with Crippen molar-refractivity contribution in [2.45, 2.75) is 20.0 Å². The van der Waals surface area contributed by atoms with Crippen LogP contribution in [0.25, 0.3) is 0 Å². The van der Waals surface area contributed by atoms with Crippen LogP contribution in [0.1, 0.15) is 13.8 Å². The maximum atomic E-state index is 11.2. The molecule has 0 aromatic carbocycles. The number of hydrogen-bond acceptors (Lipinski definition) is 3. The Balaban J connectivity index is 4.01. The zero-order valence-corrected chi connectivity index (χ0v) is 9.40. The minimum Gasteiger partial charge on any atom is -0.447 e. The fraction of sp³-hybridized carbons (Fsp3) is 0.778. The molecule has 82 valence electrons. The molecule has 0 bridgehead atoms. The van der Waals surface area contributed by atoms with Gasteiger partial charge in [-0.15, -0.1) is 0 Å². The number of hydrogen-bond donors (Lipinski definition) is 0. The van der Waals surface area contributed by atoms with Gasteiger partial charge in [-0.25, -0.2) is 4.79 Å². The van der Waals surface area contributed by atoms with Gasteiger partial charge < -0.3 is 14.5 Å². The minimum absolute atomic E-state index is 0.0402. The average molecular weight is 202 g/mol. The molecule has 0 spiro atoms. The summed E-state index contributed by atoms with van der Waals surface area (Å²) >= 11 is 0. The second-order valence-corrected chi connectivity index (χ2v) is 3.58. The molecule has 0 saturated heterocycles. The van der Waals surface area contributed by atoms with E-state index in [-0.39, 0.29) is 18.6 Å². The molecular formula is C9H18N2O3. The largest absolute Gasteiger partial charge is 0.447 e. The third-order valence-electron chi connectivity index (χ3n) is 1.52. The lowest BCUT2D eigenvalue weighted by Crippen LogP contribution is -2.38. The maximum absolute atomic E-state index is 11.2. The predicted molar refractivity (Wildman–Crippen MR) is 52.9 cm³/mol. The van der Waals surface area contributed by atoms with Crippen LogP contribution < -0.4 is 0 Å². The summed E-state index contributed by atoms with van der Waals surface area (Å²) in [5.74, 6) is -0.131. The van der Waals surface area contributed by atoms with E-state index in [0.717, 1.165) is 0 Å². The van der Waals surface area contributed by atoms with Gasteiger partial charge >= 0.3 is 6.09 Å². The first kappa shape index (κ1) is 12.7. The summed E-state index contributed by atoms with van der Waals surface area (Å²) < 4.78 is 4.91. The summed E-state index contributed by atoms with van der Waals surface area (Å²) in [6.45, 7) is 3.57. The van der Waals surface area contributed by atoms with Crippen LogP contribution in [0.5, 0.6) is 0 Å². The summed E-state index contributed by atoms with van der Waals surface area (Å²) in [5, 5.41) is 0. The van der Waals surface area contributed by atoms with E-state index in [9.17, 15) is 9.59 Å². The van der Waals surface area contributed by atoms with Crippen molar-refractivity contribution in [1.29, 1.82) is 0 Å². The van der Waals surface area contributed by atoms with E-state index in [1.165, 1.54) is 16.8 Å². The Bertz CT molecular complexity index is 214. The van der Waals surface area contributed by atoms with Crippen LogP contribution >= 0.6 is 0 Å². The smallest absolute Gasteiger partial charge is 0.410 e. The van der Waals surface area contributed by atoms with Crippen LogP contribution in [-0.4, -0.2) is 55.6 Å². The lowest BCUT2D eigenvalue weighted by atomic mass is 10.5. The van der Waals surface area contributed by atoms with Gasteiger partial charge in [0.25, 0.3) is 0 Å². The maximum Gasteiger partial charge on any atom is 0.410 e. The van der Waals surface area contributed by atoms with Crippen LogP contribution in [0.15, 0.2) is 0 Å². The van der Waals surface area contributed by atoms with Gasteiger partial charge in [0.1, 0.15) is 6.54 Å². The first-order valence-electron chi connectivity index (χ1n) is 4.46. The van der Waals surface area contributed by atoms with Crippen molar-refractivity contribution < 1.29 is 14.3 Å². The molecule has 0 radical (unpaired) electrons. The quantitative estimate of drug-likeness (QED) is 0.671. The van der Waals surface area contributed by atoms with Gasteiger partial charge in [-0.2, -0.15) is 0 Å². The first-order chi connectivity index (χ1) is 6.34. The van der Waals surface area contributed by atoms with E-state index >= 15 is 0 Å². The highest BCUT2D eigenvalue weighted by molar-refractivity contribution is 5.81. The third kappa shape index (κ3) is 4.69. The zero-order valence-electron chi connectivity index (χ0n) is 9.40. The summed E-state index contributed by atoms with van der Waals surface area (Å²) in [5.41, 5.74) is 0. The second kappa shape index (κ2) is 5.47. The number of carbonyl (C=O) groups is 2. The molecule has 0 N–H and O–H groups in total. The molecule has 0 aromatic heterocycles. The molecule has 5 nitrogen and oxygen atoms in total. The lowest BCUT2D eigenvalue weighted by Gasteiger charge is -2.19. The second-order valence-electron chi connectivity index (χ2n) is 3.58. The SMILES string of the molecule is CC(C)OC(=O)N(C)CC(=O)N(C)C. The van der Waals surface area contributed by atoms with Crippen molar-refractivity contribution in [3.05, 3.63) is 0 Å². The van der Waals surface area contributed by atoms with Crippen LogP contribution in [0, 0.1) is 0 Å². The summed E-state index contributed by atoms with van der Waals surface area (Å²) in [4.78, 5) is 25.1. The van der Waals surface area contributed by atoms with Crippen molar-refractivity contribution in [3.8, 4) is 0 Å². The molecule has 0 aliphatic carbocycles. The van der Waals surface area contributed by atoms with E-state index < -0.39 is 6.09 Å². The van der Waals surface area contributed by atoms with Crippen molar-refractivity contribution in [2.24, 2.45) is 0 Å². The van der Waals surface area contributed by atoms with Crippen LogP contribution in [0.4, 0.5) is 4.79 Å². The van der Waals surface area contributed by atoms with Crippen LogP contribution in [-0.2, 0) is 9.53 Å². The number of ether oxygens (including phenoxy) is 1. The molecule has 14 heavy (non-hydrogen) atoms. The Morgan fingerprint density at radius 2 is 1.71 bits per heavy atom. The molecule has 0 fully saturated rings. The Kier molecular flexibility index (Phi) is 4.97. The van der Waals surface area contributed by atoms with Crippen molar-refractivity contribution in [1.82, 2.24) is 9.80 Å². The number of carbonyl (C=O) groups excluding carboxylic acids is 2. The van der Waals surface area contributed by atoms with Gasteiger partial charge in [-0.1, -0.05) is 0 Å². The Labute approximate surface area is 84.6 Å². The summed E-state index contributed by atoms with van der Waals surface area (Å²) in [7, 11) is 4.82. The molecule has 0 unspecified atom stereocenters. The third-order valence-corrected chi connectivity index (χ3v) is 1.52. The first-order valence-corrected chi connectivity index (χ1v) is 4.46. The summed E-state index contributed by atoms with van der Waals surface area (Å²) in [6, 6.07) is 0. The van der Waals surface area contributed by atoms with Crippen LogP contribution in [0.3, 0.4) is 0 Å². The molecule has 0 saturated carbocycles. The van der Waals surface area contributed by atoms with Gasteiger partial charge in [-0.05, 0) is 13.8 Å². The van der Waals surface area contributed by atoms with Crippen molar-refractivity contribution in [2.75, 3.05) is 27.7 Å². The standard InChI is InChI=1S/C9H18N2O3/c1-7(2)14-9(13)11(5)6-8(12)10(3)4/h7H,6H2,1-5H3. The van der Waals surface area contributed by atoms with Gasteiger partial charge in [0.05, 0.1) is 6.10 Å². The van der Waals surface area contributed by atoms with E-state index in [1.54, 1.807) is 27.9 Å². The van der Waals surface area contributed by atoms with Gasteiger partial charge in [-0.3, -0.25) is 4.79 Å². The molecular weight excluding hydrogens is 184 g/mol. The minimum atomic E-state index is -0.477. The lowest BCUT2D eigenvalue weighted by molar-refractivity contribution is -0.129. The highest BCUT2D eigenvalue weighted by atomic mass is 16.6. The van der Waals surface area contributed by atoms with E-state index in [1.807, 2.05) is 0 Å². The summed E-state index contributed by atoms with van der Waals surface area (Å²) in [6.07, 6.45) is -0.644. The van der Waals surface area contributed by atoms with E-state index in [0.29, 0.717) is 0 Å². The van der Waals surface area contributed by atoms with Gasteiger partial charge in [0, 0.05) is 21.1 Å². The number of rotatable bonds is 3. The fourth-order valence-electron chi connectivity index (χ4n) is 0.700. The number of amides is 2. The normalized spacial score (nSPS) is 9.86. The van der Waals surface area contributed by atoms with Crippen LogP contribution in [0.2, 0.25) is 0 Å². The fourth-order valence-corrected chi connectivity index (χ4v) is 0.700. The Morgan fingerprint density at radius 3 is 2.07 bits per heavy atom. The zero-order chi connectivity index (χ0) is 11.3. The predicted octanol–water partition coefficient (Wildman–Crippen LogP) is 0.551. The Morgan fingerprint density at radius 1 is 1.21 bits per heavy atom. The average Bonchev–Trinajstić information content (AvgIpc) is 2.02. The topological polar surface area (TPSA) is 49.9 Å². The monoisotopic (exact) mass is 202 g/mol. The number of nitrogens with zero attached hydrogens (tertiary/aromatic N) is 2. The van der Waals surface area contributed by atoms with Crippen molar-refractivity contribution >= 4 is 12.0 Å². The molecule has 0 aliphatic rings.